The van der Waals surface area contributed by atoms with Crippen molar-refractivity contribution in [1.29, 1.82) is 0 Å². The van der Waals surface area contributed by atoms with Gasteiger partial charge in [-0.25, -0.2) is 0 Å². The summed E-state index contributed by atoms with van der Waals surface area (Å²) in [7, 11) is 0. The topological polar surface area (TPSA) is 0 Å². The van der Waals surface area contributed by atoms with Gasteiger partial charge in [-0.05, 0) is 131 Å². The molecule has 316 valence electrons. The Labute approximate surface area is 404 Å². The molecule has 12 aromatic rings. The molecule has 0 amide bonds. The Balaban J connectivity index is 1.09. The molecule has 3 heteroatoms. The van der Waals surface area contributed by atoms with Crippen LogP contribution in [0.15, 0.2) is 255 Å². The molecule has 0 aliphatic carbocycles. The molecule has 0 bridgehead atoms. The third-order valence-corrected chi connectivity index (χ3v) is 16.2. The number of fused-ring (bicyclic) bond motifs is 1. The molecule has 3 heterocycles. The highest BCUT2D eigenvalue weighted by Crippen LogP contribution is 2.52. The van der Waals surface area contributed by atoms with E-state index >= 15 is 0 Å². The zero-order valence-corrected chi connectivity index (χ0v) is 38.9. The average Bonchev–Trinajstić information content (AvgIpc) is 4.23. The molecule has 0 unspecified atom stereocenters. The molecule has 0 radical (unpaired) electrons. The molecule has 67 heavy (non-hydrogen) atoms. The van der Waals surface area contributed by atoms with Crippen molar-refractivity contribution in [1.82, 2.24) is 0 Å². The summed E-state index contributed by atoms with van der Waals surface area (Å²) in [6.07, 6.45) is 0. The van der Waals surface area contributed by atoms with Crippen molar-refractivity contribution < 1.29 is 0 Å². The molecule has 0 spiro atoms. The highest BCUT2D eigenvalue weighted by molar-refractivity contribution is 7.19. The zero-order valence-electron chi connectivity index (χ0n) is 36.5. The van der Waals surface area contributed by atoms with Crippen molar-refractivity contribution in [2.75, 3.05) is 0 Å². The Morgan fingerprint density at radius 3 is 0.746 bits per heavy atom. The van der Waals surface area contributed by atoms with Gasteiger partial charge >= 0.3 is 0 Å². The summed E-state index contributed by atoms with van der Waals surface area (Å²) >= 11 is 5.54. The minimum Gasteiger partial charge on any atom is -0.135 e. The van der Waals surface area contributed by atoms with Gasteiger partial charge in [0.25, 0.3) is 0 Å². The molecule has 3 aromatic heterocycles. The summed E-state index contributed by atoms with van der Waals surface area (Å²) in [5.74, 6) is 0. The molecule has 0 aliphatic heterocycles. The van der Waals surface area contributed by atoms with Gasteiger partial charge in [-0.15, -0.1) is 34.0 Å². The van der Waals surface area contributed by atoms with Gasteiger partial charge in [-0.3, -0.25) is 0 Å². The third-order valence-electron chi connectivity index (χ3n) is 12.6. The standard InChI is InChI=1S/C64H42S3/c1-6-16-43(17-7-1)55-36-38-58(65-55)46-26-30-50(31-27-46)63-61(48-22-12-4-13-23-48)53-35-34-52(60-41-40-57(67-60)45-20-10-3-11-21-45)42-54(53)62(49-24-14-5-15-25-49)64(63)51-32-28-47(29-33-51)59-39-37-56(66-59)44-18-8-2-9-19-44/h1-42H. The molecule has 12 rings (SSSR count). The first-order valence-corrected chi connectivity index (χ1v) is 25.1. The van der Waals surface area contributed by atoms with Crippen LogP contribution in [0.2, 0.25) is 0 Å². The SMILES string of the molecule is c1ccc(-c2ccc(-c3ccc(-c4c(-c5ccc(-c6ccc(-c7ccccc7)s6)cc5)c(-c5ccccc5)c5cc(-c6ccc(-c7ccccc7)s6)ccc5c4-c4ccccc4)cc3)s2)cc1. The quantitative estimate of drug-likeness (QED) is 0.128. The van der Waals surface area contributed by atoms with E-state index < -0.39 is 0 Å². The molecule has 9 aromatic carbocycles. The third kappa shape index (κ3) is 7.98. The molecule has 0 saturated carbocycles. The number of hydrogen-bond acceptors (Lipinski definition) is 3. The van der Waals surface area contributed by atoms with Crippen LogP contribution in [0.1, 0.15) is 0 Å². The van der Waals surface area contributed by atoms with E-state index in [0.717, 1.165) is 0 Å². The van der Waals surface area contributed by atoms with Gasteiger partial charge < -0.3 is 0 Å². The lowest BCUT2D eigenvalue weighted by Gasteiger charge is -2.25. The molecule has 0 aliphatic rings. The van der Waals surface area contributed by atoms with E-state index in [1.54, 1.807) is 0 Å². The van der Waals surface area contributed by atoms with Crippen molar-refractivity contribution >= 4 is 44.8 Å². The average molecular weight is 907 g/mol. The van der Waals surface area contributed by atoms with Crippen LogP contribution in [0.3, 0.4) is 0 Å². The Morgan fingerprint density at radius 1 is 0.164 bits per heavy atom. The van der Waals surface area contributed by atoms with E-state index in [1.165, 1.54) is 118 Å². The van der Waals surface area contributed by atoms with Crippen LogP contribution >= 0.6 is 34.0 Å². The van der Waals surface area contributed by atoms with Gasteiger partial charge in [0.15, 0.2) is 0 Å². The number of rotatable bonds is 10. The molecule has 0 fully saturated rings. The molecule has 0 N–H and O–H groups in total. The van der Waals surface area contributed by atoms with Crippen LogP contribution in [-0.4, -0.2) is 0 Å². The van der Waals surface area contributed by atoms with Crippen molar-refractivity contribution in [3.05, 3.63) is 255 Å². The van der Waals surface area contributed by atoms with Gasteiger partial charge in [0.1, 0.15) is 0 Å². The van der Waals surface area contributed by atoms with Crippen LogP contribution in [0.4, 0.5) is 0 Å². The maximum Gasteiger partial charge on any atom is 0.0349 e. The normalized spacial score (nSPS) is 11.3. The van der Waals surface area contributed by atoms with E-state index in [2.05, 4.69) is 255 Å². The first kappa shape index (κ1) is 40.8. The van der Waals surface area contributed by atoms with Gasteiger partial charge in [0, 0.05) is 29.3 Å². The van der Waals surface area contributed by atoms with Crippen molar-refractivity contribution in [2.24, 2.45) is 0 Å². The largest absolute Gasteiger partial charge is 0.135 e. The van der Waals surface area contributed by atoms with Crippen LogP contribution in [0, 0.1) is 0 Å². The number of thiophene rings is 3. The summed E-state index contributed by atoms with van der Waals surface area (Å²) in [6, 6.07) is 93.5. The molecular formula is C64H42S3. The Morgan fingerprint density at radius 2 is 0.403 bits per heavy atom. The summed E-state index contributed by atoms with van der Waals surface area (Å²) in [5.41, 5.74) is 17.0. The predicted molar refractivity (Wildman–Crippen MR) is 292 cm³/mol. The summed E-state index contributed by atoms with van der Waals surface area (Å²) in [5, 5.41) is 2.46. The van der Waals surface area contributed by atoms with E-state index in [9.17, 15) is 0 Å². The lowest BCUT2D eigenvalue weighted by atomic mass is 9.78. The fourth-order valence-corrected chi connectivity index (χ4v) is 12.4. The van der Waals surface area contributed by atoms with Crippen molar-refractivity contribution in [2.45, 2.75) is 0 Å². The first-order valence-electron chi connectivity index (χ1n) is 22.6. The summed E-state index contributed by atoms with van der Waals surface area (Å²) in [6.45, 7) is 0. The van der Waals surface area contributed by atoms with Gasteiger partial charge in [-0.1, -0.05) is 212 Å². The first-order chi connectivity index (χ1) is 33.2. The second-order valence-corrected chi connectivity index (χ2v) is 20.0. The second-order valence-electron chi connectivity index (χ2n) is 16.7. The lowest BCUT2D eigenvalue weighted by Crippen LogP contribution is -1.98. The van der Waals surface area contributed by atoms with Crippen LogP contribution in [0.5, 0.6) is 0 Å². The van der Waals surface area contributed by atoms with Gasteiger partial charge in [0.2, 0.25) is 0 Å². The lowest BCUT2D eigenvalue weighted by molar-refractivity contribution is 1.57. The Bertz CT molecular complexity index is 3620. The van der Waals surface area contributed by atoms with E-state index in [-0.39, 0.29) is 0 Å². The fourth-order valence-electron chi connectivity index (χ4n) is 9.38. The van der Waals surface area contributed by atoms with E-state index in [1.807, 2.05) is 34.0 Å². The molecule has 0 atom stereocenters. The van der Waals surface area contributed by atoms with Crippen LogP contribution in [0.25, 0.3) is 118 Å². The summed E-state index contributed by atoms with van der Waals surface area (Å²) < 4.78 is 0. The highest BCUT2D eigenvalue weighted by atomic mass is 32.1. The Kier molecular flexibility index (Phi) is 10.9. The smallest absolute Gasteiger partial charge is 0.0349 e. The minimum absolute atomic E-state index is 1.18. The van der Waals surface area contributed by atoms with Crippen LogP contribution in [-0.2, 0) is 0 Å². The maximum absolute atomic E-state index is 2.45. The minimum atomic E-state index is 1.18. The molecular weight excluding hydrogens is 865 g/mol. The van der Waals surface area contributed by atoms with Gasteiger partial charge in [0.05, 0.1) is 0 Å². The van der Waals surface area contributed by atoms with Crippen LogP contribution < -0.4 is 0 Å². The van der Waals surface area contributed by atoms with E-state index in [0.29, 0.717) is 0 Å². The highest BCUT2D eigenvalue weighted by Gasteiger charge is 2.25. The molecule has 0 nitrogen and oxygen atoms in total. The zero-order chi connectivity index (χ0) is 44.5. The molecule has 0 saturated heterocycles. The predicted octanol–water partition coefficient (Wildman–Crippen LogP) is 19.7. The fraction of sp³-hybridized carbons (Fsp3) is 0. The van der Waals surface area contributed by atoms with Crippen molar-refractivity contribution in [3.63, 3.8) is 0 Å². The van der Waals surface area contributed by atoms with Gasteiger partial charge in [-0.2, -0.15) is 0 Å². The summed E-state index contributed by atoms with van der Waals surface area (Å²) in [4.78, 5) is 7.58. The second kappa shape index (κ2) is 18.0. The van der Waals surface area contributed by atoms with Crippen molar-refractivity contribution in [3.8, 4) is 107 Å². The van der Waals surface area contributed by atoms with E-state index in [4.69, 9.17) is 0 Å². The monoisotopic (exact) mass is 906 g/mol. The number of benzene rings is 9. The Hall–Kier alpha value is -7.66. The number of hydrogen-bond donors (Lipinski definition) is 0. The maximum atomic E-state index is 2.45.